The summed E-state index contributed by atoms with van der Waals surface area (Å²) in [5.74, 6) is -0.0208. The Morgan fingerprint density at radius 2 is 2.09 bits per heavy atom. The van der Waals surface area contributed by atoms with Gasteiger partial charge in [0.25, 0.3) is 0 Å². The highest BCUT2D eigenvalue weighted by atomic mass is 16.2. The summed E-state index contributed by atoms with van der Waals surface area (Å²) in [5, 5.41) is 4.09. The van der Waals surface area contributed by atoms with Crippen LogP contribution in [0.3, 0.4) is 0 Å². The molecule has 1 unspecified atom stereocenters. The average Bonchev–Trinajstić information content (AvgIpc) is 3.03. The van der Waals surface area contributed by atoms with E-state index >= 15 is 0 Å². The lowest BCUT2D eigenvalue weighted by Crippen LogP contribution is -2.50. The Hall–Kier alpha value is -2.30. The van der Waals surface area contributed by atoms with Crippen LogP contribution in [-0.4, -0.2) is 33.3 Å². The quantitative estimate of drug-likeness (QED) is 0.914. The van der Waals surface area contributed by atoms with Gasteiger partial charge in [-0.25, -0.2) is 0 Å². The lowest BCUT2D eigenvalue weighted by atomic mass is 10.1. The number of nitrogens with zero attached hydrogens (tertiary/aromatic N) is 1. The normalized spacial score (nSPS) is 18.7. The SMILES string of the molecule is CC(C)(C)NC(=O)C1CCC(=O)N1Cc1c[nH]c2ccccc12. The Morgan fingerprint density at radius 3 is 2.83 bits per heavy atom. The molecule has 2 heterocycles. The summed E-state index contributed by atoms with van der Waals surface area (Å²) < 4.78 is 0. The van der Waals surface area contributed by atoms with Crippen LogP contribution in [-0.2, 0) is 16.1 Å². The summed E-state index contributed by atoms with van der Waals surface area (Å²) in [4.78, 5) is 29.7. The van der Waals surface area contributed by atoms with E-state index in [9.17, 15) is 9.59 Å². The third-order valence-corrected chi connectivity index (χ3v) is 4.14. The maximum atomic E-state index is 12.5. The molecule has 1 aromatic heterocycles. The molecule has 0 bridgehead atoms. The average molecular weight is 313 g/mol. The predicted octanol–water partition coefficient (Wildman–Crippen LogP) is 2.57. The zero-order valence-electron chi connectivity index (χ0n) is 13.8. The van der Waals surface area contributed by atoms with Crippen molar-refractivity contribution in [1.29, 1.82) is 0 Å². The first-order valence-corrected chi connectivity index (χ1v) is 8.02. The number of para-hydroxylation sites is 1. The molecular formula is C18H23N3O2. The van der Waals surface area contributed by atoms with Gasteiger partial charge in [-0.3, -0.25) is 9.59 Å². The number of rotatable bonds is 3. The molecule has 23 heavy (non-hydrogen) atoms. The highest BCUT2D eigenvalue weighted by Crippen LogP contribution is 2.25. The second-order valence-corrected chi connectivity index (χ2v) is 7.17. The van der Waals surface area contributed by atoms with Crippen molar-refractivity contribution in [3.8, 4) is 0 Å². The van der Waals surface area contributed by atoms with Gasteiger partial charge in [-0.1, -0.05) is 18.2 Å². The van der Waals surface area contributed by atoms with Gasteiger partial charge in [0.05, 0.1) is 0 Å². The first-order chi connectivity index (χ1) is 10.8. The van der Waals surface area contributed by atoms with Crippen molar-refractivity contribution in [3.05, 3.63) is 36.0 Å². The Balaban J connectivity index is 1.82. The van der Waals surface area contributed by atoms with E-state index in [1.807, 2.05) is 51.2 Å². The molecule has 1 aliphatic heterocycles. The standard InChI is InChI=1S/C18H23N3O2/c1-18(2,3)20-17(23)15-8-9-16(22)21(15)11-12-10-19-14-7-5-4-6-13(12)14/h4-7,10,15,19H,8-9,11H2,1-3H3,(H,20,23). The van der Waals surface area contributed by atoms with Crippen molar-refractivity contribution in [3.63, 3.8) is 0 Å². The molecule has 0 radical (unpaired) electrons. The number of carbonyl (C=O) groups excluding carboxylic acids is 2. The van der Waals surface area contributed by atoms with Crippen LogP contribution in [0.25, 0.3) is 10.9 Å². The second-order valence-electron chi connectivity index (χ2n) is 7.17. The minimum atomic E-state index is -0.379. The number of likely N-dealkylation sites (tertiary alicyclic amines) is 1. The lowest BCUT2D eigenvalue weighted by molar-refractivity contribution is -0.136. The summed E-state index contributed by atoms with van der Waals surface area (Å²) >= 11 is 0. The third-order valence-electron chi connectivity index (χ3n) is 4.14. The second kappa shape index (κ2) is 5.72. The molecule has 5 heteroatoms. The monoisotopic (exact) mass is 313 g/mol. The number of hydrogen-bond acceptors (Lipinski definition) is 2. The highest BCUT2D eigenvalue weighted by molar-refractivity contribution is 5.91. The van der Waals surface area contributed by atoms with Gasteiger partial charge >= 0.3 is 0 Å². The largest absolute Gasteiger partial charge is 0.361 e. The number of aromatic nitrogens is 1. The fraction of sp³-hybridized carbons (Fsp3) is 0.444. The van der Waals surface area contributed by atoms with E-state index in [1.54, 1.807) is 4.90 Å². The molecule has 2 amide bonds. The van der Waals surface area contributed by atoms with Crippen LogP contribution in [0.2, 0.25) is 0 Å². The van der Waals surface area contributed by atoms with Crippen molar-refractivity contribution < 1.29 is 9.59 Å². The number of benzene rings is 1. The lowest BCUT2D eigenvalue weighted by Gasteiger charge is -2.28. The molecular weight excluding hydrogens is 290 g/mol. The van der Waals surface area contributed by atoms with E-state index in [0.717, 1.165) is 16.5 Å². The number of fused-ring (bicyclic) bond motifs is 1. The molecule has 3 rings (SSSR count). The molecule has 122 valence electrons. The van der Waals surface area contributed by atoms with E-state index in [0.29, 0.717) is 19.4 Å². The Morgan fingerprint density at radius 1 is 1.35 bits per heavy atom. The van der Waals surface area contributed by atoms with Gasteiger partial charge in [0, 0.05) is 35.6 Å². The zero-order valence-corrected chi connectivity index (χ0v) is 13.8. The summed E-state index contributed by atoms with van der Waals surface area (Å²) in [6.07, 6.45) is 2.95. The van der Waals surface area contributed by atoms with E-state index in [-0.39, 0.29) is 23.4 Å². The van der Waals surface area contributed by atoms with Crippen molar-refractivity contribution in [2.45, 2.75) is 51.7 Å². The summed E-state index contributed by atoms with van der Waals surface area (Å²) in [6.45, 7) is 6.31. The van der Waals surface area contributed by atoms with Crippen LogP contribution in [0.5, 0.6) is 0 Å². The molecule has 1 aromatic carbocycles. The summed E-state index contributed by atoms with van der Waals surface area (Å²) in [5.41, 5.74) is 1.80. The fourth-order valence-corrected chi connectivity index (χ4v) is 3.10. The number of aromatic amines is 1. The number of nitrogens with one attached hydrogen (secondary N) is 2. The third kappa shape index (κ3) is 3.23. The zero-order chi connectivity index (χ0) is 16.6. The van der Waals surface area contributed by atoms with E-state index in [4.69, 9.17) is 0 Å². The van der Waals surface area contributed by atoms with Crippen molar-refractivity contribution >= 4 is 22.7 Å². The molecule has 1 saturated heterocycles. The van der Waals surface area contributed by atoms with Crippen LogP contribution in [0.4, 0.5) is 0 Å². The fourth-order valence-electron chi connectivity index (χ4n) is 3.10. The van der Waals surface area contributed by atoms with Crippen LogP contribution < -0.4 is 5.32 Å². The van der Waals surface area contributed by atoms with Crippen molar-refractivity contribution in [2.75, 3.05) is 0 Å². The van der Waals surface area contributed by atoms with Gasteiger partial charge < -0.3 is 15.2 Å². The molecule has 0 saturated carbocycles. The molecule has 0 aliphatic carbocycles. The summed E-state index contributed by atoms with van der Waals surface area (Å²) in [7, 11) is 0. The number of H-pyrrole nitrogens is 1. The molecule has 0 spiro atoms. The molecule has 1 atom stereocenters. The topological polar surface area (TPSA) is 65.2 Å². The molecule has 5 nitrogen and oxygen atoms in total. The van der Waals surface area contributed by atoms with Crippen LogP contribution in [0.1, 0.15) is 39.2 Å². The minimum Gasteiger partial charge on any atom is -0.361 e. The first-order valence-electron chi connectivity index (χ1n) is 8.02. The summed E-state index contributed by atoms with van der Waals surface area (Å²) in [6, 6.07) is 7.62. The van der Waals surface area contributed by atoms with E-state index in [2.05, 4.69) is 10.3 Å². The highest BCUT2D eigenvalue weighted by Gasteiger charge is 2.37. The number of amides is 2. The Bertz CT molecular complexity index is 742. The molecule has 2 aromatic rings. The maximum absolute atomic E-state index is 12.5. The van der Waals surface area contributed by atoms with Gasteiger partial charge in [0.1, 0.15) is 6.04 Å². The minimum absolute atomic E-state index is 0.0457. The number of hydrogen-bond donors (Lipinski definition) is 2. The first kappa shape index (κ1) is 15.6. The molecule has 1 fully saturated rings. The molecule has 2 N–H and O–H groups in total. The maximum Gasteiger partial charge on any atom is 0.243 e. The van der Waals surface area contributed by atoms with Gasteiger partial charge in [0.2, 0.25) is 11.8 Å². The van der Waals surface area contributed by atoms with Gasteiger partial charge in [-0.05, 0) is 38.8 Å². The van der Waals surface area contributed by atoms with Gasteiger partial charge in [-0.2, -0.15) is 0 Å². The van der Waals surface area contributed by atoms with Crippen LogP contribution in [0, 0.1) is 0 Å². The van der Waals surface area contributed by atoms with Crippen molar-refractivity contribution in [1.82, 2.24) is 15.2 Å². The Kier molecular flexibility index (Phi) is 3.88. The number of carbonyl (C=O) groups is 2. The molecule has 1 aliphatic rings. The van der Waals surface area contributed by atoms with Gasteiger partial charge in [-0.15, -0.1) is 0 Å². The smallest absolute Gasteiger partial charge is 0.243 e. The van der Waals surface area contributed by atoms with E-state index in [1.165, 1.54) is 0 Å². The van der Waals surface area contributed by atoms with Gasteiger partial charge in [0.15, 0.2) is 0 Å². The van der Waals surface area contributed by atoms with Crippen LogP contribution >= 0.6 is 0 Å². The van der Waals surface area contributed by atoms with Crippen LogP contribution in [0.15, 0.2) is 30.5 Å². The Labute approximate surface area is 136 Å². The predicted molar refractivity (Wildman–Crippen MR) is 89.8 cm³/mol. The van der Waals surface area contributed by atoms with Crippen molar-refractivity contribution in [2.24, 2.45) is 0 Å². The van der Waals surface area contributed by atoms with E-state index < -0.39 is 0 Å².